The van der Waals surface area contributed by atoms with E-state index in [2.05, 4.69) is 74.2 Å². The summed E-state index contributed by atoms with van der Waals surface area (Å²) in [4.78, 5) is 0. The van der Waals surface area contributed by atoms with Crippen molar-refractivity contribution in [3.05, 3.63) is 118 Å². The monoisotopic (exact) mass is 504 g/mol. The molecule has 0 radical (unpaired) electrons. The van der Waals surface area contributed by atoms with Gasteiger partial charge in [-0.05, 0) is 90.4 Å². The second kappa shape index (κ2) is 14.5. The first kappa shape index (κ1) is 27.7. The van der Waals surface area contributed by atoms with Crippen LogP contribution in [0.3, 0.4) is 0 Å². The molecule has 0 N–H and O–H groups in total. The van der Waals surface area contributed by atoms with E-state index in [1.165, 1.54) is 55.2 Å². The Kier molecular flexibility index (Phi) is 10.6. The molecule has 0 spiro atoms. The van der Waals surface area contributed by atoms with Gasteiger partial charge in [0.15, 0.2) is 0 Å². The quantitative estimate of drug-likeness (QED) is 0.133. The lowest BCUT2D eigenvalue weighted by Crippen LogP contribution is -1.93. The Morgan fingerprint density at radius 2 is 1.08 bits per heavy atom. The first-order valence-electron chi connectivity index (χ1n) is 14.6. The molecule has 196 valence electrons. The molecule has 4 rings (SSSR count). The van der Waals surface area contributed by atoms with E-state index in [9.17, 15) is 0 Å². The molecule has 4 aromatic carbocycles. The molecule has 0 unspecified atom stereocenters. The van der Waals surface area contributed by atoms with E-state index >= 15 is 4.39 Å². The summed E-state index contributed by atoms with van der Waals surface area (Å²) in [6, 6.07) is 27.5. The number of benzene rings is 4. The van der Waals surface area contributed by atoms with Crippen LogP contribution < -0.4 is 0 Å². The Labute approximate surface area is 229 Å². The van der Waals surface area contributed by atoms with E-state index in [1.807, 2.05) is 30.3 Å². The van der Waals surface area contributed by atoms with Crippen LogP contribution in [0, 0.1) is 17.7 Å². The van der Waals surface area contributed by atoms with Crippen LogP contribution in [-0.2, 0) is 25.7 Å². The van der Waals surface area contributed by atoms with Crippen molar-refractivity contribution in [2.75, 3.05) is 0 Å². The fourth-order valence-electron chi connectivity index (χ4n) is 4.99. The highest BCUT2D eigenvalue weighted by Gasteiger charge is 2.07. The summed E-state index contributed by atoms with van der Waals surface area (Å²) in [5, 5.41) is 1.61. The molecule has 4 aromatic rings. The van der Waals surface area contributed by atoms with Crippen molar-refractivity contribution in [3.8, 4) is 11.8 Å². The Morgan fingerprint density at radius 3 is 1.76 bits per heavy atom. The smallest absolute Gasteiger partial charge is 0.134 e. The number of aryl methyl sites for hydroxylation is 4. The van der Waals surface area contributed by atoms with Gasteiger partial charge in [-0.25, -0.2) is 4.39 Å². The van der Waals surface area contributed by atoms with E-state index in [0.29, 0.717) is 5.39 Å². The molecule has 0 saturated heterocycles. The molecule has 0 saturated carbocycles. The van der Waals surface area contributed by atoms with Gasteiger partial charge in [0, 0.05) is 16.5 Å². The number of halogens is 1. The lowest BCUT2D eigenvalue weighted by molar-refractivity contribution is 0.603. The van der Waals surface area contributed by atoms with Gasteiger partial charge in [-0.15, -0.1) is 0 Å². The summed E-state index contributed by atoms with van der Waals surface area (Å²) in [5.74, 6) is 6.47. The molecule has 0 aliphatic carbocycles. The number of hydrogen-bond donors (Lipinski definition) is 0. The van der Waals surface area contributed by atoms with Crippen LogP contribution >= 0.6 is 0 Å². The van der Waals surface area contributed by atoms with Crippen molar-refractivity contribution in [2.24, 2.45) is 0 Å². The number of fused-ring (bicyclic) bond motifs is 1. The molecule has 0 aromatic heterocycles. The molecule has 0 aliphatic rings. The van der Waals surface area contributed by atoms with Gasteiger partial charge in [-0.1, -0.05) is 112 Å². The largest absolute Gasteiger partial charge is 0.206 e. The minimum Gasteiger partial charge on any atom is -0.206 e. The van der Waals surface area contributed by atoms with Gasteiger partial charge >= 0.3 is 0 Å². The molecule has 1 heteroatoms. The van der Waals surface area contributed by atoms with Crippen LogP contribution in [0.25, 0.3) is 10.8 Å². The minimum atomic E-state index is -0.0722. The third-order valence-electron chi connectivity index (χ3n) is 7.43. The summed E-state index contributed by atoms with van der Waals surface area (Å²) >= 11 is 0. The fraction of sp³-hybridized carbons (Fsp3) is 0.351. The lowest BCUT2D eigenvalue weighted by atomic mass is 9.99. The summed E-state index contributed by atoms with van der Waals surface area (Å²) < 4.78 is 15.0. The van der Waals surface area contributed by atoms with Crippen molar-refractivity contribution in [1.29, 1.82) is 0 Å². The molecule has 0 bridgehead atoms. The van der Waals surface area contributed by atoms with Crippen molar-refractivity contribution in [1.82, 2.24) is 0 Å². The van der Waals surface area contributed by atoms with Crippen molar-refractivity contribution in [3.63, 3.8) is 0 Å². The van der Waals surface area contributed by atoms with Gasteiger partial charge in [-0.2, -0.15) is 0 Å². The second-order valence-corrected chi connectivity index (χ2v) is 10.5. The maximum Gasteiger partial charge on any atom is 0.134 e. The predicted octanol–water partition coefficient (Wildman–Crippen LogP) is 10.0. The van der Waals surface area contributed by atoms with Crippen LogP contribution in [0.5, 0.6) is 0 Å². The van der Waals surface area contributed by atoms with Crippen LogP contribution in [-0.4, -0.2) is 0 Å². The van der Waals surface area contributed by atoms with Crippen LogP contribution in [0.15, 0.2) is 78.9 Å². The maximum atomic E-state index is 15.0. The molecule has 0 fully saturated rings. The highest BCUT2D eigenvalue weighted by molar-refractivity contribution is 5.85. The predicted molar refractivity (Wildman–Crippen MR) is 161 cm³/mol. The standard InChI is InChI=1S/C37H41F/c1-3-5-7-9-11-34-25-26-35-28-33(24-27-36(35)37(34)38)23-22-32-20-18-31(19-21-32)17-16-30-14-12-29(13-15-30)10-8-6-4-2/h12-15,18-21,24-28H,3-11,16-17H2,1-2H3. The van der Waals surface area contributed by atoms with Gasteiger partial charge in [0.05, 0.1) is 0 Å². The van der Waals surface area contributed by atoms with Crippen LogP contribution in [0.1, 0.15) is 92.2 Å². The summed E-state index contributed by atoms with van der Waals surface area (Å²) in [5.41, 5.74) is 6.91. The maximum absolute atomic E-state index is 15.0. The minimum absolute atomic E-state index is 0.0722. The number of unbranched alkanes of at least 4 members (excludes halogenated alkanes) is 5. The number of rotatable bonds is 12. The van der Waals surface area contributed by atoms with E-state index in [1.54, 1.807) is 0 Å². The molecule has 38 heavy (non-hydrogen) atoms. The van der Waals surface area contributed by atoms with Gasteiger partial charge in [0.25, 0.3) is 0 Å². The molecule has 0 atom stereocenters. The Hall–Kier alpha value is -3.37. The Morgan fingerprint density at radius 1 is 0.526 bits per heavy atom. The zero-order valence-corrected chi connectivity index (χ0v) is 23.2. The highest BCUT2D eigenvalue weighted by Crippen LogP contribution is 2.24. The molecular formula is C37H41F. The average Bonchev–Trinajstić information content (AvgIpc) is 2.95. The normalized spacial score (nSPS) is 10.9. The van der Waals surface area contributed by atoms with E-state index in [0.717, 1.165) is 54.2 Å². The topological polar surface area (TPSA) is 0 Å². The van der Waals surface area contributed by atoms with E-state index in [-0.39, 0.29) is 5.82 Å². The second-order valence-electron chi connectivity index (χ2n) is 10.5. The van der Waals surface area contributed by atoms with Gasteiger partial charge in [0.2, 0.25) is 0 Å². The van der Waals surface area contributed by atoms with E-state index in [4.69, 9.17) is 0 Å². The zero-order valence-electron chi connectivity index (χ0n) is 23.2. The van der Waals surface area contributed by atoms with E-state index < -0.39 is 0 Å². The number of hydrogen-bond acceptors (Lipinski definition) is 0. The highest BCUT2D eigenvalue weighted by atomic mass is 19.1. The Balaban J connectivity index is 1.33. The lowest BCUT2D eigenvalue weighted by Gasteiger charge is -2.07. The third-order valence-corrected chi connectivity index (χ3v) is 7.43. The molecule has 0 aliphatic heterocycles. The first-order valence-corrected chi connectivity index (χ1v) is 14.6. The van der Waals surface area contributed by atoms with Crippen LogP contribution in [0.4, 0.5) is 4.39 Å². The Bertz CT molecular complexity index is 1350. The van der Waals surface area contributed by atoms with Gasteiger partial charge in [-0.3, -0.25) is 0 Å². The zero-order chi connectivity index (χ0) is 26.6. The summed E-state index contributed by atoms with van der Waals surface area (Å²) in [6.45, 7) is 4.45. The van der Waals surface area contributed by atoms with Crippen molar-refractivity contribution < 1.29 is 4.39 Å². The van der Waals surface area contributed by atoms with Crippen molar-refractivity contribution >= 4 is 10.8 Å². The molecule has 0 heterocycles. The van der Waals surface area contributed by atoms with Gasteiger partial charge < -0.3 is 0 Å². The van der Waals surface area contributed by atoms with Crippen molar-refractivity contribution in [2.45, 2.75) is 84.5 Å². The first-order chi connectivity index (χ1) is 18.7. The molecular weight excluding hydrogens is 463 g/mol. The fourth-order valence-corrected chi connectivity index (χ4v) is 4.99. The average molecular weight is 505 g/mol. The van der Waals surface area contributed by atoms with Crippen LogP contribution in [0.2, 0.25) is 0 Å². The summed E-state index contributed by atoms with van der Waals surface area (Å²) in [7, 11) is 0. The molecule has 0 amide bonds. The van der Waals surface area contributed by atoms with Gasteiger partial charge in [0.1, 0.15) is 5.82 Å². The molecule has 0 nitrogen and oxygen atoms in total. The SMILES string of the molecule is CCCCCCc1ccc2cc(C#Cc3ccc(CCc4ccc(CCCCC)cc4)cc3)ccc2c1F. The third kappa shape index (κ3) is 8.06. The summed E-state index contributed by atoms with van der Waals surface area (Å²) in [6.07, 6.45) is 12.6.